The third-order valence-corrected chi connectivity index (χ3v) is 6.44. The highest BCUT2D eigenvalue weighted by Gasteiger charge is 2.35. The Labute approximate surface area is 163 Å². The summed E-state index contributed by atoms with van der Waals surface area (Å²) in [6, 6.07) is 1.99. The van der Waals surface area contributed by atoms with E-state index in [4.69, 9.17) is 4.42 Å². The van der Waals surface area contributed by atoms with Crippen LogP contribution in [-0.4, -0.2) is 79.0 Å². The lowest BCUT2D eigenvalue weighted by Gasteiger charge is -2.44. The third-order valence-electron chi connectivity index (χ3n) is 6.44. The standard InChI is InChI=1S/C20H25N5O3/c1-23-6-7-25(11-19(23)26)17-12-28-18-9-21-15(8-14(17)18)20(27)22-16-10-24-4-2-13(16)3-5-24/h8-9,12-13,16H,2-7,10-11H2,1H3,(H,22,27). The zero-order chi connectivity index (χ0) is 19.3. The van der Waals surface area contributed by atoms with Crippen molar-refractivity contribution in [3.8, 4) is 0 Å². The summed E-state index contributed by atoms with van der Waals surface area (Å²) in [5.74, 6) is 0.510. The van der Waals surface area contributed by atoms with Crippen LogP contribution in [0.15, 0.2) is 22.9 Å². The lowest BCUT2D eigenvalue weighted by Crippen LogP contribution is -2.57. The molecule has 1 N–H and O–H groups in total. The maximum absolute atomic E-state index is 12.8. The molecule has 2 aromatic heterocycles. The van der Waals surface area contributed by atoms with Gasteiger partial charge in [-0.05, 0) is 37.9 Å². The van der Waals surface area contributed by atoms with E-state index in [0.29, 0.717) is 30.3 Å². The van der Waals surface area contributed by atoms with Crippen LogP contribution in [0.3, 0.4) is 0 Å². The monoisotopic (exact) mass is 383 g/mol. The number of amides is 2. The van der Waals surface area contributed by atoms with Crippen LogP contribution in [-0.2, 0) is 4.79 Å². The minimum atomic E-state index is -0.137. The largest absolute Gasteiger partial charge is 0.460 e. The summed E-state index contributed by atoms with van der Waals surface area (Å²) in [5.41, 5.74) is 1.86. The number of pyridine rings is 1. The van der Waals surface area contributed by atoms with Crippen LogP contribution in [0.2, 0.25) is 0 Å². The summed E-state index contributed by atoms with van der Waals surface area (Å²) < 4.78 is 5.62. The Morgan fingerprint density at radius 1 is 1.25 bits per heavy atom. The number of piperazine rings is 1. The quantitative estimate of drug-likeness (QED) is 0.849. The molecule has 4 saturated heterocycles. The molecule has 2 amide bonds. The highest BCUT2D eigenvalue weighted by Crippen LogP contribution is 2.31. The second kappa shape index (κ2) is 6.77. The number of nitrogens with zero attached hydrogens (tertiary/aromatic N) is 4. The Kier molecular flexibility index (Phi) is 4.23. The SMILES string of the molecule is CN1CCN(c2coc3cnc(C(=O)NC4CN5CCC4CC5)cc23)CC1=O. The molecule has 8 heteroatoms. The number of hydrogen-bond donors (Lipinski definition) is 1. The van der Waals surface area contributed by atoms with Gasteiger partial charge in [0.15, 0.2) is 5.58 Å². The van der Waals surface area contributed by atoms with Gasteiger partial charge in [-0.25, -0.2) is 4.98 Å². The molecule has 6 rings (SSSR count). The second-order valence-electron chi connectivity index (χ2n) is 8.14. The Morgan fingerprint density at radius 3 is 2.79 bits per heavy atom. The maximum Gasteiger partial charge on any atom is 0.270 e. The van der Waals surface area contributed by atoms with Crippen LogP contribution >= 0.6 is 0 Å². The highest BCUT2D eigenvalue weighted by atomic mass is 16.3. The number of piperidine rings is 3. The number of furan rings is 1. The molecule has 28 heavy (non-hydrogen) atoms. The summed E-state index contributed by atoms with van der Waals surface area (Å²) in [6.45, 7) is 4.93. The Hall–Kier alpha value is -2.61. The van der Waals surface area contributed by atoms with Crippen molar-refractivity contribution in [2.45, 2.75) is 18.9 Å². The predicted molar refractivity (Wildman–Crippen MR) is 104 cm³/mol. The van der Waals surface area contributed by atoms with Crippen LogP contribution in [0.1, 0.15) is 23.3 Å². The Morgan fingerprint density at radius 2 is 2.07 bits per heavy atom. The number of anilines is 1. The number of rotatable bonds is 3. The van der Waals surface area contributed by atoms with Gasteiger partial charge >= 0.3 is 0 Å². The molecular formula is C20H25N5O3. The Bertz CT molecular complexity index is 918. The molecule has 6 heterocycles. The maximum atomic E-state index is 12.8. The smallest absolute Gasteiger partial charge is 0.270 e. The minimum absolute atomic E-state index is 0.0787. The molecular weight excluding hydrogens is 358 g/mol. The number of fused-ring (bicyclic) bond motifs is 4. The molecule has 0 aromatic carbocycles. The van der Waals surface area contributed by atoms with E-state index in [1.54, 1.807) is 23.4 Å². The van der Waals surface area contributed by atoms with Crippen molar-refractivity contribution in [1.29, 1.82) is 0 Å². The van der Waals surface area contributed by atoms with E-state index in [1.807, 2.05) is 11.9 Å². The fourth-order valence-electron chi connectivity index (χ4n) is 4.62. The first kappa shape index (κ1) is 17.5. The van der Waals surface area contributed by atoms with Crippen molar-refractivity contribution in [2.75, 3.05) is 51.2 Å². The Balaban J connectivity index is 1.37. The van der Waals surface area contributed by atoms with Gasteiger partial charge in [-0.1, -0.05) is 0 Å². The van der Waals surface area contributed by atoms with Gasteiger partial charge in [0.25, 0.3) is 5.91 Å². The molecule has 148 valence electrons. The van der Waals surface area contributed by atoms with Crippen molar-refractivity contribution in [2.24, 2.45) is 5.92 Å². The highest BCUT2D eigenvalue weighted by molar-refractivity contribution is 6.00. The number of carbonyl (C=O) groups is 2. The predicted octanol–water partition coefficient (Wildman–Crippen LogP) is 0.930. The second-order valence-corrected chi connectivity index (χ2v) is 8.14. The van der Waals surface area contributed by atoms with Gasteiger partial charge in [0.1, 0.15) is 12.0 Å². The molecule has 0 radical (unpaired) electrons. The van der Waals surface area contributed by atoms with Crippen molar-refractivity contribution < 1.29 is 14.0 Å². The fourth-order valence-corrected chi connectivity index (χ4v) is 4.62. The molecule has 4 aliphatic rings. The summed E-state index contributed by atoms with van der Waals surface area (Å²) in [5, 5.41) is 4.01. The fraction of sp³-hybridized carbons (Fsp3) is 0.550. The first-order chi connectivity index (χ1) is 13.6. The summed E-state index contributed by atoms with van der Waals surface area (Å²) in [6.07, 6.45) is 5.56. The van der Waals surface area contributed by atoms with Crippen molar-refractivity contribution in [3.05, 3.63) is 24.2 Å². The minimum Gasteiger partial charge on any atom is -0.460 e. The molecule has 0 saturated carbocycles. The average Bonchev–Trinajstić information content (AvgIpc) is 3.14. The van der Waals surface area contributed by atoms with E-state index in [9.17, 15) is 9.59 Å². The van der Waals surface area contributed by atoms with E-state index < -0.39 is 0 Å². The number of carbonyl (C=O) groups excluding carboxylic acids is 2. The van der Waals surface area contributed by atoms with E-state index >= 15 is 0 Å². The van der Waals surface area contributed by atoms with Crippen LogP contribution in [0.25, 0.3) is 11.0 Å². The number of aromatic nitrogens is 1. The molecule has 0 spiro atoms. The molecule has 0 aliphatic carbocycles. The number of likely N-dealkylation sites (N-methyl/N-ethyl adjacent to an activating group) is 1. The van der Waals surface area contributed by atoms with Crippen LogP contribution in [0.4, 0.5) is 5.69 Å². The summed E-state index contributed by atoms with van der Waals surface area (Å²) in [7, 11) is 1.81. The van der Waals surface area contributed by atoms with Gasteiger partial charge in [0.2, 0.25) is 5.91 Å². The molecule has 1 unspecified atom stereocenters. The first-order valence-corrected chi connectivity index (χ1v) is 9.98. The van der Waals surface area contributed by atoms with Crippen LogP contribution in [0, 0.1) is 5.92 Å². The lowest BCUT2D eigenvalue weighted by molar-refractivity contribution is -0.129. The number of nitrogens with one attached hydrogen (secondary N) is 1. The molecule has 1 atom stereocenters. The van der Waals surface area contributed by atoms with Crippen molar-refractivity contribution in [3.63, 3.8) is 0 Å². The van der Waals surface area contributed by atoms with Gasteiger partial charge in [-0.3, -0.25) is 9.59 Å². The topological polar surface area (TPSA) is 81.9 Å². The molecule has 8 nitrogen and oxygen atoms in total. The average molecular weight is 383 g/mol. The van der Waals surface area contributed by atoms with E-state index in [0.717, 1.165) is 50.1 Å². The van der Waals surface area contributed by atoms with Gasteiger partial charge in [0, 0.05) is 38.1 Å². The van der Waals surface area contributed by atoms with Crippen molar-refractivity contribution in [1.82, 2.24) is 20.1 Å². The van der Waals surface area contributed by atoms with E-state index in [-0.39, 0.29) is 17.9 Å². The summed E-state index contributed by atoms with van der Waals surface area (Å²) >= 11 is 0. The zero-order valence-corrected chi connectivity index (χ0v) is 16.1. The van der Waals surface area contributed by atoms with Crippen LogP contribution in [0.5, 0.6) is 0 Å². The van der Waals surface area contributed by atoms with Crippen molar-refractivity contribution >= 4 is 28.5 Å². The molecule has 2 aromatic rings. The summed E-state index contributed by atoms with van der Waals surface area (Å²) in [4.78, 5) is 35.4. The normalized spacial score (nSPS) is 27.5. The third kappa shape index (κ3) is 3.01. The number of hydrogen-bond acceptors (Lipinski definition) is 6. The molecule has 4 fully saturated rings. The van der Waals surface area contributed by atoms with Crippen LogP contribution < -0.4 is 10.2 Å². The van der Waals surface area contributed by atoms with E-state index in [2.05, 4.69) is 15.2 Å². The zero-order valence-electron chi connectivity index (χ0n) is 16.1. The molecule has 4 aliphatic heterocycles. The van der Waals surface area contributed by atoms with E-state index in [1.165, 1.54) is 0 Å². The van der Waals surface area contributed by atoms with Gasteiger partial charge < -0.3 is 24.4 Å². The first-order valence-electron chi connectivity index (χ1n) is 9.98. The van der Waals surface area contributed by atoms with Gasteiger partial charge in [-0.2, -0.15) is 0 Å². The lowest BCUT2D eigenvalue weighted by atomic mass is 9.84. The van der Waals surface area contributed by atoms with Gasteiger partial charge in [0.05, 0.1) is 18.4 Å². The van der Waals surface area contributed by atoms with Gasteiger partial charge in [-0.15, -0.1) is 0 Å². The molecule has 2 bridgehead atoms.